The summed E-state index contributed by atoms with van der Waals surface area (Å²) >= 11 is 0. The maximum Gasteiger partial charge on any atom is 0.228 e. The molecule has 1 saturated heterocycles. The first kappa shape index (κ1) is 19.8. The van der Waals surface area contributed by atoms with E-state index in [0.717, 1.165) is 67.6 Å². The van der Waals surface area contributed by atoms with Gasteiger partial charge in [-0.15, -0.1) is 0 Å². The van der Waals surface area contributed by atoms with Crippen LogP contribution >= 0.6 is 0 Å². The molecule has 2 aromatic carbocycles. The maximum absolute atomic E-state index is 12.8. The maximum atomic E-state index is 12.8. The minimum absolute atomic E-state index is 0.0608. The van der Waals surface area contributed by atoms with Crippen LogP contribution in [0, 0.1) is 5.92 Å². The number of nitrogens with zero attached hydrogens (tertiary/aromatic N) is 3. The van der Waals surface area contributed by atoms with Crippen LogP contribution in [0.15, 0.2) is 48.8 Å². The number of piperidine rings is 1. The van der Waals surface area contributed by atoms with Gasteiger partial charge in [0.05, 0.1) is 23.8 Å². The van der Waals surface area contributed by atoms with Crippen molar-refractivity contribution >= 4 is 28.5 Å². The minimum atomic E-state index is 0.0608. The first-order valence-electron chi connectivity index (χ1n) is 11.2. The summed E-state index contributed by atoms with van der Waals surface area (Å²) in [5.74, 6) is 0.793. The molecule has 2 aliphatic heterocycles. The smallest absolute Gasteiger partial charge is 0.228 e. The van der Waals surface area contributed by atoms with Gasteiger partial charge < -0.3 is 14.8 Å². The van der Waals surface area contributed by atoms with Gasteiger partial charge in [0.15, 0.2) is 0 Å². The molecule has 3 heterocycles. The van der Waals surface area contributed by atoms with Crippen LogP contribution in [0.2, 0.25) is 0 Å². The molecular weight excluding hydrogens is 388 g/mol. The number of carbonyl (C=O) groups excluding carboxylic acids is 2. The topological polar surface area (TPSA) is 67.2 Å². The van der Waals surface area contributed by atoms with Gasteiger partial charge in [-0.1, -0.05) is 24.3 Å². The van der Waals surface area contributed by atoms with Gasteiger partial charge in [0.25, 0.3) is 0 Å². The SMILES string of the molecule is O=C1Cc2cc(CCCC(=O)N3CCCC(Cn4cnc5ccccc54)C3)ccc2N1. The molecule has 5 rings (SSSR count). The van der Waals surface area contributed by atoms with Crippen LogP contribution in [0.3, 0.4) is 0 Å². The molecule has 0 bridgehead atoms. The Balaban J connectivity index is 1.13. The highest BCUT2D eigenvalue weighted by molar-refractivity contribution is 5.99. The number of benzene rings is 2. The largest absolute Gasteiger partial charge is 0.342 e. The van der Waals surface area contributed by atoms with E-state index in [-0.39, 0.29) is 11.8 Å². The number of amides is 2. The molecule has 1 unspecified atom stereocenters. The van der Waals surface area contributed by atoms with Crippen molar-refractivity contribution in [3.05, 3.63) is 59.9 Å². The standard InChI is InChI=1S/C25H28N4O2/c30-24-14-20-13-18(10-11-21(20)27-24)5-3-9-25(31)28-12-4-6-19(15-28)16-29-17-26-22-7-1-2-8-23(22)29/h1-2,7-8,10-11,13,17,19H,3-6,9,12,14-16H2,(H,27,30). The molecule has 2 amide bonds. The van der Waals surface area contributed by atoms with Crippen LogP contribution in [0.1, 0.15) is 36.8 Å². The van der Waals surface area contributed by atoms with E-state index in [9.17, 15) is 9.59 Å². The first-order chi connectivity index (χ1) is 15.2. The second-order valence-electron chi connectivity index (χ2n) is 8.80. The fourth-order valence-corrected chi connectivity index (χ4v) is 4.91. The average Bonchev–Trinajstić information content (AvgIpc) is 3.36. The van der Waals surface area contributed by atoms with Gasteiger partial charge in [-0.25, -0.2) is 4.98 Å². The number of aryl methyl sites for hydroxylation is 1. The van der Waals surface area contributed by atoms with Gasteiger partial charge in [-0.05, 0) is 60.9 Å². The van der Waals surface area contributed by atoms with Crippen molar-refractivity contribution in [2.24, 2.45) is 5.92 Å². The highest BCUT2D eigenvalue weighted by Crippen LogP contribution is 2.25. The molecule has 1 N–H and O–H groups in total. The number of para-hydroxylation sites is 2. The molecule has 0 spiro atoms. The van der Waals surface area contributed by atoms with Crippen LogP contribution in [0.5, 0.6) is 0 Å². The molecule has 1 aromatic heterocycles. The van der Waals surface area contributed by atoms with E-state index in [0.29, 0.717) is 18.8 Å². The number of anilines is 1. The molecule has 6 heteroatoms. The van der Waals surface area contributed by atoms with E-state index < -0.39 is 0 Å². The van der Waals surface area contributed by atoms with E-state index in [2.05, 4.69) is 38.0 Å². The molecule has 31 heavy (non-hydrogen) atoms. The Morgan fingerprint density at radius 2 is 2.10 bits per heavy atom. The van der Waals surface area contributed by atoms with E-state index in [1.54, 1.807) is 0 Å². The van der Waals surface area contributed by atoms with Crippen LogP contribution in [-0.4, -0.2) is 39.4 Å². The number of likely N-dealkylation sites (tertiary alicyclic amines) is 1. The number of rotatable bonds is 6. The monoisotopic (exact) mass is 416 g/mol. The summed E-state index contributed by atoms with van der Waals surface area (Å²) in [5, 5.41) is 2.87. The molecule has 3 aromatic rings. The lowest BCUT2D eigenvalue weighted by Gasteiger charge is -2.33. The summed E-state index contributed by atoms with van der Waals surface area (Å²) in [6, 6.07) is 14.3. The number of nitrogens with one attached hydrogen (secondary N) is 1. The number of carbonyl (C=O) groups is 2. The van der Waals surface area contributed by atoms with Crippen molar-refractivity contribution in [2.75, 3.05) is 18.4 Å². The number of hydrogen-bond donors (Lipinski definition) is 1. The quantitative estimate of drug-likeness (QED) is 0.665. The zero-order valence-electron chi connectivity index (χ0n) is 17.7. The van der Waals surface area contributed by atoms with Crippen molar-refractivity contribution in [1.29, 1.82) is 0 Å². The molecule has 160 valence electrons. The Bertz CT molecular complexity index is 1120. The van der Waals surface area contributed by atoms with Crippen LogP contribution in [-0.2, 0) is 29.0 Å². The Labute approximate surface area is 182 Å². The number of imidazole rings is 1. The van der Waals surface area contributed by atoms with Gasteiger partial charge >= 0.3 is 0 Å². The predicted molar refractivity (Wildman–Crippen MR) is 121 cm³/mol. The van der Waals surface area contributed by atoms with Crippen molar-refractivity contribution in [2.45, 2.75) is 45.1 Å². The van der Waals surface area contributed by atoms with Crippen LogP contribution < -0.4 is 5.32 Å². The highest BCUT2D eigenvalue weighted by Gasteiger charge is 2.24. The van der Waals surface area contributed by atoms with Gasteiger partial charge in [0.2, 0.25) is 11.8 Å². The normalized spacial score (nSPS) is 18.3. The molecule has 6 nitrogen and oxygen atoms in total. The lowest BCUT2D eigenvalue weighted by molar-refractivity contribution is -0.133. The Kier molecular flexibility index (Phi) is 5.45. The summed E-state index contributed by atoms with van der Waals surface area (Å²) < 4.78 is 2.22. The fourth-order valence-electron chi connectivity index (χ4n) is 4.91. The third kappa shape index (κ3) is 4.33. The molecular formula is C25H28N4O2. The van der Waals surface area contributed by atoms with Crippen molar-refractivity contribution in [3.8, 4) is 0 Å². The van der Waals surface area contributed by atoms with Gasteiger partial charge in [-0.3, -0.25) is 9.59 Å². The fraction of sp³-hybridized carbons (Fsp3) is 0.400. The molecule has 0 radical (unpaired) electrons. The third-order valence-corrected chi connectivity index (χ3v) is 6.50. The highest BCUT2D eigenvalue weighted by atomic mass is 16.2. The Morgan fingerprint density at radius 3 is 3.03 bits per heavy atom. The lowest BCUT2D eigenvalue weighted by atomic mass is 9.97. The van der Waals surface area contributed by atoms with Crippen LogP contribution in [0.4, 0.5) is 5.69 Å². The number of fused-ring (bicyclic) bond motifs is 2. The van der Waals surface area contributed by atoms with E-state index >= 15 is 0 Å². The summed E-state index contributed by atoms with van der Waals surface area (Å²) in [5.41, 5.74) is 5.39. The second kappa shape index (κ2) is 8.53. The average molecular weight is 417 g/mol. The van der Waals surface area contributed by atoms with E-state index in [4.69, 9.17) is 0 Å². The summed E-state index contributed by atoms with van der Waals surface area (Å²) in [4.78, 5) is 30.9. The Morgan fingerprint density at radius 1 is 1.19 bits per heavy atom. The van der Waals surface area contributed by atoms with Crippen molar-refractivity contribution in [1.82, 2.24) is 14.5 Å². The van der Waals surface area contributed by atoms with Crippen molar-refractivity contribution in [3.63, 3.8) is 0 Å². The third-order valence-electron chi connectivity index (χ3n) is 6.50. The zero-order valence-corrected chi connectivity index (χ0v) is 17.7. The number of hydrogen-bond acceptors (Lipinski definition) is 3. The first-order valence-corrected chi connectivity index (χ1v) is 11.2. The minimum Gasteiger partial charge on any atom is -0.342 e. The molecule has 1 fully saturated rings. The molecule has 0 saturated carbocycles. The Hall–Kier alpha value is -3.15. The number of aromatic nitrogens is 2. The van der Waals surface area contributed by atoms with E-state index in [1.165, 1.54) is 5.56 Å². The van der Waals surface area contributed by atoms with Gasteiger partial charge in [0, 0.05) is 31.7 Å². The summed E-state index contributed by atoms with van der Waals surface area (Å²) in [7, 11) is 0. The molecule has 0 aliphatic carbocycles. The van der Waals surface area contributed by atoms with E-state index in [1.807, 2.05) is 30.6 Å². The summed E-state index contributed by atoms with van der Waals surface area (Å²) in [6.45, 7) is 2.61. The second-order valence-corrected chi connectivity index (χ2v) is 8.80. The van der Waals surface area contributed by atoms with Gasteiger partial charge in [-0.2, -0.15) is 0 Å². The van der Waals surface area contributed by atoms with Crippen molar-refractivity contribution < 1.29 is 9.59 Å². The lowest BCUT2D eigenvalue weighted by Crippen LogP contribution is -2.41. The van der Waals surface area contributed by atoms with Crippen LogP contribution in [0.25, 0.3) is 11.0 Å². The predicted octanol–water partition coefficient (Wildman–Crippen LogP) is 3.79. The molecule has 2 aliphatic rings. The molecule has 1 atom stereocenters. The summed E-state index contributed by atoms with van der Waals surface area (Å²) in [6.07, 6.45) is 6.88. The van der Waals surface area contributed by atoms with Gasteiger partial charge in [0.1, 0.15) is 0 Å². The zero-order chi connectivity index (χ0) is 21.2.